The number of morpholine rings is 2. The summed E-state index contributed by atoms with van der Waals surface area (Å²) in [4.78, 5) is 7.81. The molecule has 0 aliphatic carbocycles. The molecule has 28 heavy (non-hydrogen) atoms. The second-order valence-corrected chi connectivity index (χ2v) is 8.18. The molecule has 0 spiro atoms. The largest absolute Gasteiger partial charge is 0.472 e. The fraction of sp³-hybridized carbons (Fsp3) is 0.737. The van der Waals surface area contributed by atoms with Crippen LogP contribution in [0, 0.1) is 0 Å². The number of halogens is 3. The van der Waals surface area contributed by atoms with Crippen LogP contribution in [0.4, 0.5) is 24.7 Å². The molecule has 2 aliphatic rings. The van der Waals surface area contributed by atoms with Gasteiger partial charge in [-0.15, -0.1) is 0 Å². The highest BCUT2D eigenvalue weighted by atomic mass is 19.4. The summed E-state index contributed by atoms with van der Waals surface area (Å²) in [6, 6.07) is 1.88. The SMILES string of the molecule is C[C@@H]1COCCN1c1cc(OC(C)(C)C)nc(N2CCOCC2C(F)(F)F)c1. The number of aromatic nitrogens is 1. The molecule has 1 aromatic rings. The van der Waals surface area contributed by atoms with Crippen molar-refractivity contribution in [2.45, 2.75) is 51.6 Å². The molecule has 2 fully saturated rings. The molecule has 0 bridgehead atoms. The Balaban J connectivity index is 2.01. The Hall–Kier alpha value is -1.74. The summed E-state index contributed by atoms with van der Waals surface area (Å²) in [6.45, 7) is 9.40. The summed E-state index contributed by atoms with van der Waals surface area (Å²) in [7, 11) is 0. The van der Waals surface area contributed by atoms with Gasteiger partial charge in [0.05, 0.1) is 26.4 Å². The molecule has 6 nitrogen and oxygen atoms in total. The maximum atomic E-state index is 13.6. The van der Waals surface area contributed by atoms with Crippen LogP contribution in [0.25, 0.3) is 0 Å². The van der Waals surface area contributed by atoms with Crippen molar-refractivity contribution < 1.29 is 27.4 Å². The number of anilines is 2. The highest BCUT2D eigenvalue weighted by Gasteiger charge is 2.46. The van der Waals surface area contributed by atoms with E-state index in [2.05, 4.69) is 9.88 Å². The van der Waals surface area contributed by atoms with Gasteiger partial charge in [-0.05, 0) is 27.7 Å². The minimum atomic E-state index is -4.41. The van der Waals surface area contributed by atoms with E-state index in [1.807, 2.05) is 27.7 Å². The lowest BCUT2D eigenvalue weighted by Gasteiger charge is -2.39. The Morgan fingerprint density at radius 3 is 2.29 bits per heavy atom. The predicted octanol–water partition coefficient (Wildman–Crippen LogP) is 3.25. The molecule has 158 valence electrons. The summed E-state index contributed by atoms with van der Waals surface area (Å²) >= 11 is 0. The Labute approximate surface area is 163 Å². The fourth-order valence-electron chi connectivity index (χ4n) is 3.42. The standard InChI is InChI=1S/C19H28F3N3O3/c1-13-11-26-7-5-24(13)14-9-16(23-17(10-14)28-18(2,3)4)25-6-8-27-12-15(25)19(20,21)22/h9-10,13,15H,5-8,11-12H2,1-4H3/t13-,15?/m1/s1. The van der Waals surface area contributed by atoms with Gasteiger partial charge in [-0.1, -0.05) is 0 Å². The van der Waals surface area contributed by atoms with Crippen molar-refractivity contribution in [3.8, 4) is 5.88 Å². The van der Waals surface area contributed by atoms with Crippen LogP contribution in [0.1, 0.15) is 27.7 Å². The van der Waals surface area contributed by atoms with E-state index in [-0.39, 0.29) is 25.0 Å². The third-order valence-corrected chi connectivity index (χ3v) is 4.68. The normalized spacial score (nSPS) is 24.4. The van der Waals surface area contributed by atoms with Gasteiger partial charge in [0.25, 0.3) is 0 Å². The molecule has 2 aliphatic heterocycles. The van der Waals surface area contributed by atoms with Crippen molar-refractivity contribution in [1.82, 2.24) is 4.98 Å². The minimum absolute atomic E-state index is 0.106. The minimum Gasteiger partial charge on any atom is -0.472 e. The number of ether oxygens (including phenoxy) is 3. The molecule has 0 radical (unpaired) electrons. The average Bonchev–Trinajstić information content (AvgIpc) is 2.59. The number of hydrogen-bond donors (Lipinski definition) is 0. The molecular weight excluding hydrogens is 375 g/mol. The first-order valence-electron chi connectivity index (χ1n) is 9.51. The van der Waals surface area contributed by atoms with Gasteiger partial charge in [0.2, 0.25) is 5.88 Å². The van der Waals surface area contributed by atoms with Crippen LogP contribution >= 0.6 is 0 Å². The molecule has 0 amide bonds. The van der Waals surface area contributed by atoms with E-state index in [1.54, 1.807) is 12.1 Å². The zero-order chi connectivity index (χ0) is 20.5. The van der Waals surface area contributed by atoms with Crippen molar-refractivity contribution in [3.63, 3.8) is 0 Å². The Bertz CT molecular complexity index is 679. The Kier molecular flexibility index (Phi) is 5.95. The first-order valence-corrected chi connectivity index (χ1v) is 9.51. The number of alkyl halides is 3. The van der Waals surface area contributed by atoms with Crippen LogP contribution in [0.15, 0.2) is 12.1 Å². The number of rotatable bonds is 3. The van der Waals surface area contributed by atoms with Gasteiger partial charge >= 0.3 is 6.18 Å². The molecule has 1 aromatic heterocycles. The first kappa shape index (κ1) is 21.0. The van der Waals surface area contributed by atoms with E-state index < -0.39 is 24.4 Å². The van der Waals surface area contributed by atoms with Crippen LogP contribution in [0.5, 0.6) is 5.88 Å². The van der Waals surface area contributed by atoms with Gasteiger partial charge in [-0.25, -0.2) is 0 Å². The van der Waals surface area contributed by atoms with Crippen LogP contribution in [0.3, 0.4) is 0 Å². The third kappa shape index (κ3) is 5.00. The molecular formula is C19H28F3N3O3. The van der Waals surface area contributed by atoms with Gasteiger partial charge in [0.1, 0.15) is 17.5 Å². The topological polar surface area (TPSA) is 47.1 Å². The molecule has 2 saturated heterocycles. The lowest BCUT2D eigenvalue weighted by Crippen LogP contribution is -2.54. The van der Waals surface area contributed by atoms with Crippen molar-refractivity contribution in [3.05, 3.63) is 12.1 Å². The molecule has 9 heteroatoms. The molecule has 0 saturated carbocycles. The van der Waals surface area contributed by atoms with Crippen molar-refractivity contribution in [2.24, 2.45) is 0 Å². The summed E-state index contributed by atoms with van der Waals surface area (Å²) in [5, 5.41) is 0. The van der Waals surface area contributed by atoms with Crippen molar-refractivity contribution in [1.29, 1.82) is 0 Å². The summed E-state index contributed by atoms with van der Waals surface area (Å²) in [6.07, 6.45) is -4.41. The smallest absolute Gasteiger partial charge is 0.411 e. The zero-order valence-corrected chi connectivity index (χ0v) is 16.8. The lowest BCUT2D eigenvalue weighted by atomic mass is 10.1. The Morgan fingerprint density at radius 2 is 1.68 bits per heavy atom. The third-order valence-electron chi connectivity index (χ3n) is 4.68. The highest BCUT2D eigenvalue weighted by Crippen LogP contribution is 2.35. The van der Waals surface area contributed by atoms with E-state index in [0.29, 0.717) is 25.6 Å². The summed E-state index contributed by atoms with van der Waals surface area (Å²) < 4.78 is 57.2. The predicted molar refractivity (Wildman–Crippen MR) is 100 cm³/mol. The monoisotopic (exact) mass is 403 g/mol. The van der Waals surface area contributed by atoms with E-state index in [9.17, 15) is 13.2 Å². The van der Waals surface area contributed by atoms with Crippen LogP contribution < -0.4 is 14.5 Å². The summed E-state index contributed by atoms with van der Waals surface area (Å²) in [5.41, 5.74) is 0.265. The second kappa shape index (κ2) is 7.94. The fourth-order valence-corrected chi connectivity index (χ4v) is 3.42. The van der Waals surface area contributed by atoms with E-state index in [1.165, 1.54) is 4.90 Å². The van der Waals surface area contributed by atoms with Gasteiger partial charge in [0.15, 0.2) is 0 Å². The van der Waals surface area contributed by atoms with Crippen LogP contribution in [-0.2, 0) is 9.47 Å². The van der Waals surface area contributed by atoms with E-state index in [4.69, 9.17) is 14.2 Å². The van der Waals surface area contributed by atoms with Gasteiger partial charge < -0.3 is 24.0 Å². The molecule has 0 N–H and O–H groups in total. The number of nitrogens with zero attached hydrogens (tertiary/aromatic N) is 3. The maximum absolute atomic E-state index is 13.6. The molecule has 3 heterocycles. The van der Waals surface area contributed by atoms with Crippen molar-refractivity contribution in [2.75, 3.05) is 49.3 Å². The quantitative estimate of drug-likeness (QED) is 0.772. The Morgan fingerprint density at radius 1 is 1.04 bits per heavy atom. The summed E-state index contributed by atoms with van der Waals surface area (Å²) in [5.74, 6) is 0.562. The van der Waals surface area contributed by atoms with Gasteiger partial charge in [-0.3, -0.25) is 0 Å². The second-order valence-electron chi connectivity index (χ2n) is 8.18. The number of pyridine rings is 1. The van der Waals surface area contributed by atoms with Gasteiger partial charge in [0, 0.05) is 37.0 Å². The van der Waals surface area contributed by atoms with Crippen LogP contribution in [0.2, 0.25) is 0 Å². The number of hydrogen-bond acceptors (Lipinski definition) is 6. The zero-order valence-electron chi connectivity index (χ0n) is 16.8. The molecule has 3 rings (SSSR count). The molecule has 2 atom stereocenters. The van der Waals surface area contributed by atoms with Gasteiger partial charge in [-0.2, -0.15) is 18.2 Å². The van der Waals surface area contributed by atoms with Crippen molar-refractivity contribution >= 4 is 11.5 Å². The van der Waals surface area contributed by atoms with E-state index >= 15 is 0 Å². The molecule has 0 aromatic carbocycles. The first-order chi connectivity index (χ1) is 13.0. The maximum Gasteiger partial charge on any atom is 0.411 e. The highest BCUT2D eigenvalue weighted by molar-refractivity contribution is 5.59. The van der Waals surface area contributed by atoms with E-state index in [0.717, 1.165) is 5.69 Å². The van der Waals surface area contributed by atoms with Crippen LogP contribution in [-0.4, -0.2) is 68.4 Å². The average molecular weight is 403 g/mol. The molecule has 1 unspecified atom stereocenters. The lowest BCUT2D eigenvalue weighted by molar-refractivity contribution is -0.167.